The van der Waals surface area contributed by atoms with Crippen molar-refractivity contribution >= 4 is 0 Å². The second-order valence-electron chi connectivity index (χ2n) is 9.58. The summed E-state index contributed by atoms with van der Waals surface area (Å²) in [7, 11) is 3.44. The van der Waals surface area contributed by atoms with Crippen molar-refractivity contribution in [2.75, 3.05) is 14.2 Å². The van der Waals surface area contributed by atoms with Crippen LogP contribution in [0.5, 0.6) is 11.5 Å². The zero-order valence-electron chi connectivity index (χ0n) is 18.2. The van der Waals surface area contributed by atoms with E-state index in [1.807, 2.05) is 6.07 Å². The largest absolute Gasteiger partial charge is 0.496 e. The summed E-state index contributed by atoms with van der Waals surface area (Å²) in [5.41, 5.74) is 0.790. The number of benzene rings is 1. The van der Waals surface area contributed by atoms with E-state index >= 15 is 0 Å². The van der Waals surface area contributed by atoms with Crippen molar-refractivity contribution in [1.29, 1.82) is 0 Å². The van der Waals surface area contributed by atoms with Crippen LogP contribution in [0.25, 0.3) is 0 Å². The van der Waals surface area contributed by atoms with Crippen molar-refractivity contribution in [3.05, 3.63) is 23.3 Å². The van der Waals surface area contributed by atoms with E-state index in [1.54, 1.807) is 14.2 Å². The predicted molar refractivity (Wildman–Crippen MR) is 111 cm³/mol. The fourth-order valence-corrected chi connectivity index (χ4v) is 6.18. The monoisotopic (exact) mass is 374 g/mol. The zero-order chi connectivity index (χ0) is 19.9. The lowest BCUT2D eigenvalue weighted by molar-refractivity contribution is -0.152. The van der Waals surface area contributed by atoms with E-state index in [0.717, 1.165) is 42.7 Å². The number of aliphatic hydroxyl groups is 1. The number of unbranched alkanes of at least 4 members (excludes halogenated alkanes) is 3. The molecular formula is C24H38O3. The first-order chi connectivity index (χ1) is 12.8. The quantitative estimate of drug-likeness (QED) is 0.579. The third-order valence-electron chi connectivity index (χ3n) is 7.85. The van der Waals surface area contributed by atoms with E-state index in [1.165, 1.54) is 31.2 Å². The van der Waals surface area contributed by atoms with Gasteiger partial charge in [0.15, 0.2) is 0 Å². The van der Waals surface area contributed by atoms with Gasteiger partial charge >= 0.3 is 0 Å². The molecule has 3 unspecified atom stereocenters. The standard InChI is InChI=1S/C24H38O3/c1-7-8-9-10-11-17-12-13-19(26-5)20(21(17)27-6)24(25)22(2,3)18-14-15-23(24,4)16-18/h12-13,18,25H,7-11,14-16H2,1-6H3. The smallest absolute Gasteiger partial charge is 0.131 e. The van der Waals surface area contributed by atoms with Gasteiger partial charge in [-0.15, -0.1) is 0 Å². The van der Waals surface area contributed by atoms with E-state index in [0.29, 0.717) is 5.92 Å². The molecule has 2 aliphatic rings. The minimum Gasteiger partial charge on any atom is -0.496 e. The van der Waals surface area contributed by atoms with Gasteiger partial charge in [-0.3, -0.25) is 0 Å². The molecule has 3 rings (SSSR count). The number of methoxy groups -OCH3 is 2. The molecule has 3 nitrogen and oxygen atoms in total. The lowest BCUT2D eigenvalue weighted by atomic mass is 9.57. The van der Waals surface area contributed by atoms with Crippen molar-refractivity contribution < 1.29 is 14.6 Å². The van der Waals surface area contributed by atoms with Gasteiger partial charge in [-0.2, -0.15) is 0 Å². The SMILES string of the molecule is CCCCCCc1ccc(OC)c(C2(O)C3(C)CCC(C3)C2(C)C)c1OC. The first kappa shape index (κ1) is 20.5. The molecule has 0 saturated heterocycles. The zero-order valence-corrected chi connectivity index (χ0v) is 18.2. The topological polar surface area (TPSA) is 38.7 Å². The molecule has 3 atom stereocenters. The number of hydrogen-bond acceptors (Lipinski definition) is 3. The summed E-state index contributed by atoms with van der Waals surface area (Å²) in [6.07, 6.45) is 9.20. The van der Waals surface area contributed by atoms with Gasteiger partial charge in [-0.1, -0.05) is 53.0 Å². The van der Waals surface area contributed by atoms with Crippen LogP contribution in [0.15, 0.2) is 12.1 Å². The maximum absolute atomic E-state index is 12.3. The molecule has 1 aromatic rings. The summed E-state index contributed by atoms with van der Waals surface area (Å²) >= 11 is 0. The number of aryl methyl sites for hydroxylation is 1. The van der Waals surface area contributed by atoms with Gasteiger partial charge in [-0.05, 0) is 49.7 Å². The molecule has 0 aromatic heterocycles. The third-order valence-corrected chi connectivity index (χ3v) is 7.85. The maximum Gasteiger partial charge on any atom is 0.131 e. The van der Waals surface area contributed by atoms with E-state index < -0.39 is 5.60 Å². The fourth-order valence-electron chi connectivity index (χ4n) is 6.18. The lowest BCUT2D eigenvalue weighted by Gasteiger charge is -2.51. The summed E-state index contributed by atoms with van der Waals surface area (Å²) in [6.45, 7) is 8.96. The van der Waals surface area contributed by atoms with Crippen LogP contribution >= 0.6 is 0 Å². The molecule has 0 aliphatic heterocycles. The van der Waals surface area contributed by atoms with E-state index in [9.17, 15) is 5.11 Å². The Morgan fingerprint density at radius 3 is 2.37 bits per heavy atom. The highest BCUT2D eigenvalue weighted by Crippen LogP contribution is 2.73. The van der Waals surface area contributed by atoms with Crippen molar-refractivity contribution in [1.82, 2.24) is 0 Å². The molecule has 1 N–H and O–H groups in total. The third kappa shape index (κ3) is 2.88. The van der Waals surface area contributed by atoms with Crippen molar-refractivity contribution in [3.8, 4) is 11.5 Å². The second kappa shape index (κ2) is 7.31. The van der Waals surface area contributed by atoms with Crippen LogP contribution in [-0.2, 0) is 12.0 Å². The predicted octanol–water partition coefficient (Wildman–Crippen LogP) is 5.86. The minimum atomic E-state index is -0.945. The Labute approximate surface area is 165 Å². The van der Waals surface area contributed by atoms with Crippen molar-refractivity contribution in [2.24, 2.45) is 16.7 Å². The first-order valence-corrected chi connectivity index (χ1v) is 10.7. The average molecular weight is 375 g/mol. The van der Waals surface area contributed by atoms with Gasteiger partial charge in [-0.25, -0.2) is 0 Å². The van der Waals surface area contributed by atoms with Crippen LogP contribution < -0.4 is 9.47 Å². The number of ether oxygens (including phenoxy) is 2. The van der Waals surface area contributed by atoms with Gasteiger partial charge in [0.05, 0.1) is 19.8 Å². The summed E-state index contributed by atoms with van der Waals surface area (Å²) in [5, 5.41) is 12.3. The summed E-state index contributed by atoms with van der Waals surface area (Å²) in [6, 6.07) is 4.16. The molecule has 1 aromatic carbocycles. The Balaban J connectivity index is 2.11. The summed E-state index contributed by atoms with van der Waals surface area (Å²) in [5.74, 6) is 2.14. The highest BCUT2D eigenvalue weighted by Gasteiger charge is 2.70. The average Bonchev–Trinajstić information content (AvgIpc) is 3.13. The van der Waals surface area contributed by atoms with E-state index in [-0.39, 0.29) is 10.8 Å². The van der Waals surface area contributed by atoms with Crippen LogP contribution in [0.4, 0.5) is 0 Å². The molecule has 27 heavy (non-hydrogen) atoms. The lowest BCUT2D eigenvalue weighted by Crippen LogP contribution is -2.51. The van der Waals surface area contributed by atoms with Gasteiger partial charge < -0.3 is 14.6 Å². The van der Waals surface area contributed by atoms with Gasteiger partial charge in [0.2, 0.25) is 0 Å². The van der Waals surface area contributed by atoms with E-state index in [4.69, 9.17) is 9.47 Å². The molecule has 0 amide bonds. The molecule has 2 saturated carbocycles. The van der Waals surface area contributed by atoms with Gasteiger partial charge in [0.25, 0.3) is 0 Å². The summed E-state index contributed by atoms with van der Waals surface area (Å²) in [4.78, 5) is 0. The Kier molecular flexibility index (Phi) is 5.55. The molecular weight excluding hydrogens is 336 g/mol. The first-order valence-electron chi connectivity index (χ1n) is 10.7. The van der Waals surface area contributed by atoms with Crippen LogP contribution in [0, 0.1) is 16.7 Å². The fraction of sp³-hybridized carbons (Fsp3) is 0.750. The normalized spacial score (nSPS) is 31.3. The molecule has 2 aliphatic carbocycles. The Morgan fingerprint density at radius 1 is 1.07 bits per heavy atom. The van der Waals surface area contributed by atoms with Gasteiger partial charge in [0, 0.05) is 10.8 Å². The number of rotatable bonds is 8. The second-order valence-corrected chi connectivity index (χ2v) is 9.58. The maximum atomic E-state index is 12.3. The molecule has 2 bridgehead atoms. The Bertz CT molecular complexity index is 674. The number of hydrogen-bond donors (Lipinski definition) is 1. The molecule has 152 valence electrons. The molecule has 2 fully saturated rings. The van der Waals surface area contributed by atoms with Crippen LogP contribution in [0.3, 0.4) is 0 Å². The molecule has 0 radical (unpaired) electrons. The Hall–Kier alpha value is -1.22. The van der Waals surface area contributed by atoms with Gasteiger partial charge in [0.1, 0.15) is 17.1 Å². The van der Waals surface area contributed by atoms with Crippen LogP contribution in [0.2, 0.25) is 0 Å². The van der Waals surface area contributed by atoms with Crippen molar-refractivity contribution in [2.45, 2.75) is 84.7 Å². The van der Waals surface area contributed by atoms with Crippen LogP contribution in [0.1, 0.15) is 83.8 Å². The molecule has 0 heterocycles. The highest BCUT2D eigenvalue weighted by molar-refractivity contribution is 5.56. The minimum absolute atomic E-state index is 0.136. The Morgan fingerprint density at radius 2 is 1.81 bits per heavy atom. The molecule has 3 heteroatoms. The van der Waals surface area contributed by atoms with E-state index in [2.05, 4.69) is 33.8 Å². The van der Waals surface area contributed by atoms with Crippen LogP contribution in [-0.4, -0.2) is 19.3 Å². The summed E-state index contributed by atoms with van der Waals surface area (Å²) < 4.78 is 11.7. The highest BCUT2D eigenvalue weighted by atomic mass is 16.5. The van der Waals surface area contributed by atoms with Crippen molar-refractivity contribution in [3.63, 3.8) is 0 Å². The molecule has 0 spiro atoms. The number of fused-ring (bicyclic) bond motifs is 2.